The van der Waals surface area contributed by atoms with Crippen molar-refractivity contribution in [1.82, 2.24) is 4.98 Å². The summed E-state index contributed by atoms with van der Waals surface area (Å²) in [6.07, 6.45) is 1.57. The molecular weight excluding hydrogens is 164 g/mol. The molecule has 1 aromatic heterocycles. The molecule has 3 heteroatoms. The minimum Gasteiger partial charge on any atom is -0.472 e. The Morgan fingerprint density at radius 1 is 1.46 bits per heavy atom. The third kappa shape index (κ3) is 3.12. The van der Waals surface area contributed by atoms with Crippen molar-refractivity contribution in [3.8, 4) is 11.9 Å². The Morgan fingerprint density at radius 2 is 2.15 bits per heavy atom. The molecule has 0 fully saturated rings. The molecule has 1 aromatic rings. The van der Waals surface area contributed by atoms with Crippen LogP contribution in [0.2, 0.25) is 0 Å². The van der Waals surface area contributed by atoms with Gasteiger partial charge < -0.3 is 4.74 Å². The zero-order valence-corrected chi connectivity index (χ0v) is 8.03. The lowest BCUT2D eigenvalue weighted by atomic mass is 10.2. The number of hydrogen-bond donors (Lipinski definition) is 0. The summed E-state index contributed by atoms with van der Waals surface area (Å²) in [6, 6.07) is 5.31. The number of nitrogens with zero attached hydrogens (tertiary/aromatic N) is 2. The minimum absolute atomic E-state index is 0.277. The van der Waals surface area contributed by atoms with E-state index in [1.54, 1.807) is 18.3 Å². The molecule has 68 valence electrons. The van der Waals surface area contributed by atoms with Crippen molar-refractivity contribution in [3.05, 3.63) is 23.9 Å². The van der Waals surface area contributed by atoms with Gasteiger partial charge >= 0.3 is 0 Å². The first-order chi connectivity index (χ1) is 6.01. The van der Waals surface area contributed by atoms with Gasteiger partial charge in [0, 0.05) is 12.3 Å². The largest absolute Gasteiger partial charge is 0.472 e. The molecule has 3 nitrogen and oxygen atoms in total. The Hall–Kier alpha value is -1.56. The van der Waals surface area contributed by atoms with Gasteiger partial charge in [-0.15, -0.1) is 0 Å². The highest BCUT2D eigenvalue weighted by Crippen LogP contribution is 2.15. The highest BCUT2D eigenvalue weighted by Gasteiger charge is 2.12. The van der Waals surface area contributed by atoms with Crippen LogP contribution < -0.4 is 4.74 Å². The first-order valence-corrected chi connectivity index (χ1v) is 4.06. The Labute approximate surface area is 78.0 Å². The summed E-state index contributed by atoms with van der Waals surface area (Å²) in [5, 5.41) is 8.63. The van der Waals surface area contributed by atoms with Crippen molar-refractivity contribution >= 4 is 0 Å². The molecule has 1 heterocycles. The van der Waals surface area contributed by atoms with E-state index < -0.39 is 0 Å². The minimum atomic E-state index is -0.277. The van der Waals surface area contributed by atoms with Crippen molar-refractivity contribution in [2.24, 2.45) is 0 Å². The lowest BCUT2D eigenvalue weighted by Crippen LogP contribution is -2.23. The van der Waals surface area contributed by atoms with E-state index in [1.165, 1.54) is 0 Å². The molecule has 0 saturated heterocycles. The van der Waals surface area contributed by atoms with Crippen molar-refractivity contribution in [2.75, 3.05) is 0 Å². The smallest absolute Gasteiger partial charge is 0.215 e. The van der Waals surface area contributed by atoms with Crippen LogP contribution in [0.25, 0.3) is 0 Å². The molecule has 13 heavy (non-hydrogen) atoms. The SMILES string of the molecule is CC(C)(C)Oc1cc(C#N)ccn1. The van der Waals surface area contributed by atoms with Crippen LogP contribution >= 0.6 is 0 Å². The highest BCUT2D eigenvalue weighted by atomic mass is 16.5. The Kier molecular flexibility index (Phi) is 2.52. The normalized spacial score (nSPS) is 10.6. The molecule has 0 aliphatic carbocycles. The summed E-state index contributed by atoms with van der Waals surface area (Å²) in [5.74, 6) is 0.492. The van der Waals surface area contributed by atoms with E-state index in [-0.39, 0.29) is 5.60 Å². The second kappa shape index (κ2) is 3.44. The maximum absolute atomic E-state index is 8.63. The average Bonchev–Trinajstić information content (AvgIpc) is 2.01. The predicted molar refractivity (Wildman–Crippen MR) is 49.3 cm³/mol. The number of aromatic nitrogens is 1. The van der Waals surface area contributed by atoms with Gasteiger partial charge in [-0.25, -0.2) is 4.98 Å². The lowest BCUT2D eigenvalue weighted by Gasteiger charge is -2.19. The Balaban J connectivity index is 2.86. The third-order valence-corrected chi connectivity index (χ3v) is 1.27. The van der Waals surface area contributed by atoms with Gasteiger partial charge in [0.05, 0.1) is 11.6 Å². The second-order valence-corrected chi connectivity index (χ2v) is 3.71. The standard InChI is InChI=1S/C10H12N2O/c1-10(2,3)13-9-6-8(7-11)4-5-12-9/h4-6H,1-3H3. The number of rotatable bonds is 1. The van der Waals surface area contributed by atoms with Gasteiger partial charge in [0.1, 0.15) is 5.60 Å². The molecule has 0 spiro atoms. The fraction of sp³-hybridized carbons (Fsp3) is 0.400. The quantitative estimate of drug-likeness (QED) is 0.658. The van der Waals surface area contributed by atoms with Crippen molar-refractivity contribution in [2.45, 2.75) is 26.4 Å². The van der Waals surface area contributed by atoms with Gasteiger partial charge in [0.15, 0.2) is 0 Å². The van der Waals surface area contributed by atoms with Gasteiger partial charge in [-0.3, -0.25) is 0 Å². The predicted octanol–water partition coefficient (Wildman–Crippen LogP) is 2.13. The molecule has 0 bridgehead atoms. The monoisotopic (exact) mass is 176 g/mol. The number of nitriles is 1. The molecule has 0 unspecified atom stereocenters. The van der Waals surface area contributed by atoms with Crippen LogP contribution in [0.15, 0.2) is 18.3 Å². The molecular formula is C10H12N2O. The molecule has 0 aliphatic rings. The molecule has 0 atom stereocenters. The maximum Gasteiger partial charge on any atom is 0.215 e. The third-order valence-electron chi connectivity index (χ3n) is 1.27. The zero-order valence-electron chi connectivity index (χ0n) is 8.03. The molecule has 0 aromatic carbocycles. The zero-order chi connectivity index (χ0) is 9.90. The van der Waals surface area contributed by atoms with Crippen molar-refractivity contribution in [1.29, 1.82) is 5.26 Å². The van der Waals surface area contributed by atoms with Gasteiger partial charge in [-0.1, -0.05) is 0 Å². The summed E-state index contributed by atoms with van der Waals surface area (Å²) in [5.41, 5.74) is 0.287. The molecule has 0 N–H and O–H groups in total. The Bertz CT molecular complexity index is 334. The number of pyridine rings is 1. The van der Waals surface area contributed by atoms with E-state index in [9.17, 15) is 0 Å². The molecule has 0 amide bonds. The van der Waals surface area contributed by atoms with Crippen LogP contribution in [0.3, 0.4) is 0 Å². The van der Waals surface area contributed by atoms with E-state index in [0.29, 0.717) is 11.4 Å². The summed E-state index contributed by atoms with van der Waals surface area (Å²) >= 11 is 0. The van der Waals surface area contributed by atoms with Crippen LogP contribution in [0, 0.1) is 11.3 Å². The highest BCUT2D eigenvalue weighted by molar-refractivity contribution is 5.31. The molecule has 1 rings (SSSR count). The molecule has 0 saturated carbocycles. The molecule has 0 aliphatic heterocycles. The first kappa shape index (κ1) is 9.53. The van der Waals surface area contributed by atoms with Crippen LogP contribution in [-0.4, -0.2) is 10.6 Å². The average molecular weight is 176 g/mol. The van der Waals surface area contributed by atoms with E-state index in [4.69, 9.17) is 10.00 Å². The molecule has 0 radical (unpaired) electrons. The van der Waals surface area contributed by atoms with Crippen molar-refractivity contribution < 1.29 is 4.74 Å². The van der Waals surface area contributed by atoms with E-state index in [0.717, 1.165) is 0 Å². The van der Waals surface area contributed by atoms with Crippen molar-refractivity contribution in [3.63, 3.8) is 0 Å². The van der Waals surface area contributed by atoms with E-state index >= 15 is 0 Å². The fourth-order valence-corrected chi connectivity index (χ4v) is 0.849. The van der Waals surface area contributed by atoms with Crippen LogP contribution in [0.4, 0.5) is 0 Å². The number of ether oxygens (including phenoxy) is 1. The van der Waals surface area contributed by atoms with Crippen LogP contribution in [-0.2, 0) is 0 Å². The van der Waals surface area contributed by atoms with Gasteiger partial charge in [-0.2, -0.15) is 5.26 Å². The summed E-state index contributed by atoms with van der Waals surface area (Å²) < 4.78 is 5.48. The first-order valence-electron chi connectivity index (χ1n) is 4.06. The van der Waals surface area contributed by atoms with Gasteiger partial charge in [0.2, 0.25) is 5.88 Å². The number of hydrogen-bond acceptors (Lipinski definition) is 3. The lowest BCUT2D eigenvalue weighted by molar-refractivity contribution is 0.124. The van der Waals surface area contributed by atoms with E-state index in [1.807, 2.05) is 26.8 Å². The van der Waals surface area contributed by atoms with Crippen LogP contribution in [0.1, 0.15) is 26.3 Å². The van der Waals surface area contributed by atoms with E-state index in [2.05, 4.69) is 4.98 Å². The summed E-state index contributed by atoms with van der Waals surface area (Å²) in [7, 11) is 0. The maximum atomic E-state index is 8.63. The van der Waals surface area contributed by atoms with Gasteiger partial charge in [-0.05, 0) is 26.8 Å². The second-order valence-electron chi connectivity index (χ2n) is 3.71. The Morgan fingerprint density at radius 3 is 2.69 bits per heavy atom. The topological polar surface area (TPSA) is 45.9 Å². The summed E-state index contributed by atoms with van der Waals surface area (Å²) in [4.78, 5) is 4.00. The van der Waals surface area contributed by atoms with Crippen LogP contribution in [0.5, 0.6) is 5.88 Å². The summed E-state index contributed by atoms with van der Waals surface area (Å²) in [6.45, 7) is 5.81. The fourth-order valence-electron chi connectivity index (χ4n) is 0.849. The van der Waals surface area contributed by atoms with Gasteiger partial charge in [0.25, 0.3) is 0 Å².